The number of hydrogen-bond donors (Lipinski definition) is 0. The zero-order chi connectivity index (χ0) is 18.0. The molecule has 2 saturated heterocycles. The van der Waals surface area contributed by atoms with Gasteiger partial charge in [-0.3, -0.25) is 19.2 Å². The first kappa shape index (κ1) is 17.9. The minimum atomic E-state index is 0.0257. The van der Waals surface area contributed by atoms with E-state index in [1.807, 2.05) is 16.8 Å². The minimum absolute atomic E-state index is 0.0257. The third kappa shape index (κ3) is 4.39. The Balaban J connectivity index is 1.47. The quantitative estimate of drug-likeness (QED) is 0.807. The van der Waals surface area contributed by atoms with E-state index < -0.39 is 0 Å². The molecule has 0 saturated carbocycles. The highest BCUT2D eigenvalue weighted by atomic mass is 16.2. The largest absolute Gasteiger partial charge is 0.341 e. The van der Waals surface area contributed by atoms with Crippen LogP contribution in [0.3, 0.4) is 0 Å². The number of nitrogens with zero attached hydrogens (tertiary/aromatic N) is 5. The monoisotopic (exact) mass is 347 g/mol. The number of rotatable bonds is 3. The average Bonchev–Trinajstić information content (AvgIpc) is 3.00. The molecular weight excluding hydrogens is 318 g/mol. The first-order valence-corrected chi connectivity index (χ1v) is 9.20. The third-order valence-corrected chi connectivity index (χ3v) is 5.19. The first-order valence-electron chi connectivity index (χ1n) is 9.20. The second-order valence-electron chi connectivity index (χ2n) is 7.72. The van der Waals surface area contributed by atoms with Crippen LogP contribution in [0, 0.1) is 11.8 Å². The van der Waals surface area contributed by atoms with Gasteiger partial charge in [-0.15, -0.1) is 0 Å². The predicted molar refractivity (Wildman–Crippen MR) is 95.1 cm³/mol. The van der Waals surface area contributed by atoms with Gasteiger partial charge >= 0.3 is 0 Å². The fraction of sp³-hybridized carbons (Fsp3) is 0.722. The van der Waals surface area contributed by atoms with Crippen molar-refractivity contribution in [2.24, 2.45) is 18.9 Å². The number of aryl methyl sites for hydroxylation is 1. The van der Waals surface area contributed by atoms with Crippen molar-refractivity contribution in [3.63, 3.8) is 0 Å². The lowest BCUT2D eigenvalue weighted by Crippen LogP contribution is -2.53. The van der Waals surface area contributed by atoms with Crippen LogP contribution >= 0.6 is 0 Å². The smallest absolute Gasteiger partial charge is 0.257 e. The van der Waals surface area contributed by atoms with Crippen molar-refractivity contribution in [3.05, 3.63) is 18.0 Å². The Hall–Kier alpha value is -1.89. The number of carbonyl (C=O) groups excluding carboxylic acids is 2. The summed E-state index contributed by atoms with van der Waals surface area (Å²) in [4.78, 5) is 31.1. The van der Waals surface area contributed by atoms with Gasteiger partial charge in [0.25, 0.3) is 5.91 Å². The van der Waals surface area contributed by atoms with Gasteiger partial charge in [0.1, 0.15) is 0 Å². The number of aromatic nitrogens is 2. The van der Waals surface area contributed by atoms with Crippen LogP contribution in [0.15, 0.2) is 12.4 Å². The molecule has 0 radical (unpaired) electrons. The fourth-order valence-electron chi connectivity index (χ4n) is 3.98. The molecule has 2 aliphatic heterocycles. The lowest BCUT2D eigenvalue weighted by molar-refractivity contribution is -0.135. The van der Waals surface area contributed by atoms with E-state index in [1.165, 1.54) is 6.42 Å². The molecule has 2 atom stereocenters. The van der Waals surface area contributed by atoms with Crippen molar-refractivity contribution >= 4 is 11.8 Å². The average molecular weight is 347 g/mol. The molecular formula is C18H29N5O2. The molecule has 0 aliphatic carbocycles. The highest BCUT2D eigenvalue weighted by Gasteiger charge is 2.28. The third-order valence-electron chi connectivity index (χ3n) is 5.19. The molecule has 0 bridgehead atoms. The van der Waals surface area contributed by atoms with Crippen molar-refractivity contribution in [2.75, 3.05) is 45.8 Å². The Kier molecular flexibility index (Phi) is 5.42. The first-order chi connectivity index (χ1) is 11.9. The summed E-state index contributed by atoms with van der Waals surface area (Å²) in [6, 6.07) is 0. The van der Waals surface area contributed by atoms with Gasteiger partial charge in [0.15, 0.2) is 0 Å². The van der Waals surface area contributed by atoms with Crippen LogP contribution in [0.25, 0.3) is 0 Å². The summed E-state index contributed by atoms with van der Waals surface area (Å²) in [5.74, 6) is 1.42. The van der Waals surface area contributed by atoms with Gasteiger partial charge in [-0.2, -0.15) is 5.10 Å². The van der Waals surface area contributed by atoms with Gasteiger partial charge in [-0.1, -0.05) is 13.8 Å². The van der Waals surface area contributed by atoms with Crippen molar-refractivity contribution in [3.8, 4) is 0 Å². The van der Waals surface area contributed by atoms with Crippen LogP contribution in [-0.2, 0) is 11.8 Å². The minimum Gasteiger partial charge on any atom is -0.341 e. The summed E-state index contributed by atoms with van der Waals surface area (Å²) in [6.07, 6.45) is 4.56. The molecule has 7 heteroatoms. The Morgan fingerprint density at radius 3 is 2.28 bits per heavy atom. The van der Waals surface area contributed by atoms with Crippen LogP contribution < -0.4 is 0 Å². The Morgan fingerprint density at radius 2 is 1.72 bits per heavy atom. The molecule has 3 heterocycles. The summed E-state index contributed by atoms with van der Waals surface area (Å²) >= 11 is 0. The van der Waals surface area contributed by atoms with E-state index in [9.17, 15) is 9.59 Å². The molecule has 7 nitrogen and oxygen atoms in total. The van der Waals surface area contributed by atoms with Gasteiger partial charge in [0, 0.05) is 52.5 Å². The van der Waals surface area contributed by atoms with Gasteiger partial charge in [0.05, 0.1) is 18.3 Å². The van der Waals surface area contributed by atoms with Gasteiger partial charge < -0.3 is 9.80 Å². The number of likely N-dealkylation sites (tertiary alicyclic amines) is 1. The highest BCUT2D eigenvalue weighted by Crippen LogP contribution is 2.21. The number of carbonyl (C=O) groups is 2. The van der Waals surface area contributed by atoms with E-state index in [2.05, 4.69) is 23.8 Å². The zero-order valence-electron chi connectivity index (χ0n) is 15.5. The molecule has 1 aromatic rings. The Bertz CT molecular complexity index is 611. The maximum atomic E-state index is 12.6. The van der Waals surface area contributed by atoms with E-state index in [0.717, 1.165) is 26.2 Å². The molecule has 138 valence electrons. The fourth-order valence-corrected chi connectivity index (χ4v) is 3.98. The summed E-state index contributed by atoms with van der Waals surface area (Å²) < 4.78 is 1.64. The van der Waals surface area contributed by atoms with Crippen molar-refractivity contribution in [2.45, 2.75) is 20.3 Å². The molecule has 1 aromatic heterocycles. The molecule has 0 aromatic carbocycles. The summed E-state index contributed by atoms with van der Waals surface area (Å²) in [5.41, 5.74) is 0.628. The number of piperazine rings is 1. The maximum absolute atomic E-state index is 12.6. The highest BCUT2D eigenvalue weighted by molar-refractivity contribution is 5.93. The summed E-state index contributed by atoms with van der Waals surface area (Å²) in [5, 5.41) is 4.06. The van der Waals surface area contributed by atoms with Crippen molar-refractivity contribution < 1.29 is 9.59 Å². The zero-order valence-corrected chi connectivity index (χ0v) is 15.5. The van der Waals surface area contributed by atoms with E-state index >= 15 is 0 Å². The standard InChI is InChI=1S/C18H29N5O2/c1-14-8-15(2)11-23(10-14)17(24)13-21-4-6-22(7-5-21)18(25)16-9-19-20(3)12-16/h9,12,14-15H,4-8,10-11,13H2,1-3H3/t14-,15-/m1/s1. The molecule has 2 amide bonds. The SMILES string of the molecule is C[C@@H]1C[C@@H](C)CN(C(=O)CN2CCN(C(=O)c3cnn(C)c3)CC2)C1. The van der Waals surface area contributed by atoms with Crippen LogP contribution in [0.4, 0.5) is 0 Å². The predicted octanol–water partition coefficient (Wildman–Crippen LogP) is 0.682. The number of hydrogen-bond acceptors (Lipinski definition) is 4. The molecule has 3 rings (SSSR count). The Morgan fingerprint density at radius 1 is 1.08 bits per heavy atom. The second-order valence-corrected chi connectivity index (χ2v) is 7.72. The van der Waals surface area contributed by atoms with Crippen molar-refractivity contribution in [1.82, 2.24) is 24.5 Å². The second kappa shape index (κ2) is 7.56. The lowest BCUT2D eigenvalue weighted by Gasteiger charge is -2.38. The van der Waals surface area contributed by atoms with Crippen molar-refractivity contribution in [1.29, 1.82) is 0 Å². The van der Waals surface area contributed by atoms with E-state index in [0.29, 0.717) is 37.0 Å². The van der Waals surface area contributed by atoms with E-state index in [1.54, 1.807) is 17.1 Å². The molecule has 0 unspecified atom stereocenters. The number of amides is 2. The molecule has 2 fully saturated rings. The normalized spacial score (nSPS) is 25.2. The topological polar surface area (TPSA) is 61.7 Å². The summed E-state index contributed by atoms with van der Waals surface area (Å²) in [6.45, 7) is 9.48. The molecule has 25 heavy (non-hydrogen) atoms. The molecule has 0 spiro atoms. The van der Waals surface area contributed by atoms with Gasteiger partial charge in [-0.25, -0.2) is 0 Å². The van der Waals surface area contributed by atoms with Crippen LogP contribution in [-0.4, -0.2) is 82.1 Å². The van der Waals surface area contributed by atoms with Gasteiger partial charge in [0.2, 0.25) is 5.91 Å². The van der Waals surface area contributed by atoms with Crippen LogP contribution in [0.2, 0.25) is 0 Å². The van der Waals surface area contributed by atoms with E-state index in [4.69, 9.17) is 0 Å². The molecule has 0 N–H and O–H groups in total. The van der Waals surface area contributed by atoms with Crippen LogP contribution in [0.5, 0.6) is 0 Å². The maximum Gasteiger partial charge on any atom is 0.257 e. The van der Waals surface area contributed by atoms with Crippen LogP contribution in [0.1, 0.15) is 30.6 Å². The number of piperidine rings is 1. The van der Waals surface area contributed by atoms with E-state index in [-0.39, 0.29) is 11.8 Å². The molecule has 2 aliphatic rings. The Labute approximate surface area is 149 Å². The summed E-state index contributed by atoms with van der Waals surface area (Å²) in [7, 11) is 1.81. The lowest BCUT2D eigenvalue weighted by atomic mass is 9.92. The van der Waals surface area contributed by atoms with Gasteiger partial charge in [-0.05, 0) is 18.3 Å².